The van der Waals surface area contributed by atoms with Gasteiger partial charge in [-0.15, -0.1) is 0 Å². The molecule has 0 saturated carbocycles. The molecule has 0 saturated heterocycles. The Kier molecular flexibility index (Phi) is 11.3. The lowest BCUT2D eigenvalue weighted by Gasteiger charge is -2.33. The van der Waals surface area contributed by atoms with E-state index in [1.807, 2.05) is 60.7 Å². The Morgan fingerprint density at radius 1 is 0.850 bits per heavy atom. The molecule has 1 atom stereocenters. The molecule has 8 nitrogen and oxygen atoms in total. The lowest BCUT2D eigenvalue weighted by Crippen LogP contribution is -2.48. The number of ether oxygens (including phenoxy) is 1. The maximum atomic E-state index is 14.0. The van der Waals surface area contributed by atoms with Crippen LogP contribution in [0, 0.1) is 5.92 Å². The molecule has 3 aromatic carbocycles. The van der Waals surface area contributed by atoms with Crippen LogP contribution in [-0.2, 0) is 32.7 Å². The highest BCUT2D eigenvalue weighted by Crippen LogP contribution is 2.25. The van der Waals surface area contributed by atoms with Crippen molar-refractivity contribution in [3.8, 4) is 5.75 Å². The monoisotopic (exact) mass is 565 g/mol. The lowest BCUT2D eigenvalue weighted by molar-refractivity contribution is -0.141. The Balaban J connectivity index is 2.00. The van der Waals surface area contributed by atoms with Crippen molar-refractivity contribution in [3.05, 3.63) is 102 Å². The van der Waals surface area contributed by atoms with Crippen molar-refractivity contribution in [2.75, 3.05) is 26.5 Å². The molecule has 0 aliphatic carbocycles. The Bertz CT molecular complexity index is 1330. The van der Waals surface area contributed by atoms with E-state index >= 15 is 0 Å². The van der Waals surface area contributed by atoms with Crippen molar-refractivity contribution in [1.29, 1.82) is 0 Å². The summed E-state index contributed by atoms with van der Waals surface area (Å²) < 4.78 is 31.9. The Hall–Kier alpha value is -3.69. The molecule has 214 valence electrons. The van der Waals surface area contributed by atoms with Crippen molar-refractivity contribution in [2.45, 2.75) is 39.4 Å². The van der Waals surface area contributed by atoms with E-state index in [1.54, 1.807) is 31.4 Å². The third-order valence-corrected chi connectivity index (χ3v) is 7.71. The van der Waals surface area contributed by atoms with Crippen molar-refractivity contribution >= 4 is 21.8 Å². The second-order valence-corrected chi connectivity index (χ2v) is 12.2. The summed E-state index contributed by atoms with van der Waals surface area (Å²) in [6.45, 7) is 4.35. The molecule has 3 aromatic rings. The van der Waals surface area contributed by atoms with Crippen LogP contribution in [0.3, 0.4) is 0 Å². The van der Waals surface area contributed by atoms with Gasteiger partial charge in [0.25, 0.3) is 0 Å². The summed E-state index contributed by atoms with van der Waals surface area (Å²) in [5.41, 5.74) is 2.17. The van der Waals surface area contributed by atoms with E-state index in [0.717, 1.165) is 28.1 Å². The third kappa shape index (κ3) is 9.20. The first-order valence-corrected chi connectivity index (χ1v) is 15.2. The number of rotatable bonds is 14. The number of nitrogens with zero attached hydrogens (tertiary/aromatic N) is 2. The van der Waals surface area contributed by atoms with Gasteiger partial charge in [0.05, 0.1) is 19.9 Å². The first-order valence-electron chi connectivity index (χ1n) is 13.3. The maximum Gasteiger partial charge on any atom is 0.247 e. The molecule has 0 aliphatic heterocycles. The van der Waals surface area contributed by atoms with Crippen LogP contribution in [0.15, 0.2) is 84.9 Å². The van der Waals surface area contributed by atoms with Crippen LogP contribution >= 0.6 is 0 Å². The second-order valence-electron chi connectivity index (χ2n) is 10.2. The summed E-state index contributed by atoms with van der Waals surface area (Å²) >= 11 is 0. The van der Waals surface area contributed by atoms with Crippen LogP contribution in [0.25, 0.3) is 0 Å². The van der Waals surface area contributed by atoms with E-state index in [2.05, 4.69) is 19.2 Å². The number of sulfonamides is 1. The smallest absolute Gasteiger partial charge is 0.247 e. The Morgan fingerprint density at radius 2 is 1.43 bits per heavy atom. The van der Waals surface area contributed by atoms with Crippen LogP contribution < -0.4 is 10.1 Å². The molecule has 3 rings (SSSR count). The molecule has 0 spiro atoms. The lowest BCUT2D eigenvalue weighted by atomic mass is 10.0. The highest BCUT2D eigenvalue weighted by atomic mass is 32.2. The predicted octanol–water partition coefficient (Wildman–Crippen LogP) is 4.39. The quantitative estimate of drug-likeness (QED) is 0.313. The number of hydrogen-bond acceptors (Lipinski definition) is 5. The minimum absolute atomic E-state index is 0.0401. The fourth-order valence-corrected chi connectivity index (χ4v) is 4.99. The van der Waals surface area contributed by atoms with Gasteiger partial charge in [-0.1, -0.05) is 86.6 Å². The van der Waals surface area contributed by atoms with Crippen molar-refractivity contribution in [2.24, 2.45) is 5.92 Å². The summed E-state index contributed by atoms with van der Waals surface area (Å²) in [6.07, 6.45) is 1.88. The fraction of sp³-hybridized carbons (Fsp3) is 0.355. The third-order valence-electron chi connectivity index (χ3n) is 6.51. The van der Waals surface area contributed by atoms with Crippen molar-refractivity contribution in [1.82, 2.24) is 14.5 Å². The Labute approximate surface area is 238 Å². The molecule has 40 heavy (non-hydrogen) atoms. The van der Waals surface area contributed by atoms with E-state index in [4.69, 9.17) is 4.74 Å². The van der Waals surface area contributed by atoms with E-state index in [9.17, 15) is 18.0 Å². The van der Waals surface area contributed by atoms with E-state index in [1.165, 1.54) is 4.90 Å². The zero-order chi connectivity index (χ0) is 29.1. The van der Waals surface area contributed by atoms with Crippen molar-refractivity contribution in [3.63, 3.8) is 0 Å². The maximum absolute atomic E-state index is 14.0. The molecule has 0 bridgehead atoms. The zero-order valence-electron chi connectivity index (χ0n) is 23.6. The standard InChI is InChI=1S/C31H39N3O5S/c1-24(2)19-20-32-31(36)30(27-13-9-6-10-14-27)34(22-26-15-17-28(39-3)18-16-26)29(35)23-33(40(4,37)38)21-25-11-7-5-8-12-25/h5-18,24,30H,19-23H2,1-4H3,(H,32,36). The van der Waals surface area contributed by atoms with Gasteiger partial charge in [-0.3, -0.25) is 9.59 Å². The molecule has 0 aliphatic rings. The van der Waals surface area contributed by atoms with Gasteiger partial charge in [-0.2, -0.15) is 4.31 Å². The number of carbonyl (C=O) groups excluding carboxylic acids is 2. The number of amides is 2. The number of carbonyl (C=O) groups is 2. The molecule has 0 heterocycles. The van der Waals surface area contributed by atoms with Crippen molar-refractivity contribution < 1.29 is 22.7 Å². The van der Waals surface area contributed by atoms with Gasteiger partial charge in [-0.25, -0.2) is 8.42 Å². The highest BCUT2D eigenvalue weighted by Gasteiger charge is 2.33. The number of methoxy groups -OCH3 is 1. The van der Waals surface area contributed by atoms with Crippen LogP contribution in [0.1, 0.15) is 43.0 Å². The first kappa shape index (κ1) is 30.8. The average Bonchev–Trinajstić information content (AvgIpc) is 2.93. The molecule has 1 unspecified atom stereocenters. The average molecular weight is 566 g/mol. The van der Waals surface area contributed by atoms with Crippen LogP contribution in [-0.4, -0.2) is 55.9 Å². The molecular formula is C31H39N3O5S. The summed E-state index contributed by atoms with van der Waals surface area (Å²) in [7, 11) is -2.17. The topological polar surface area (TPSA) is 96.0 Å². The van der Waals surface area contributed by atoms with Gasteiger partial charge in [0.2, 0.25) is 21.8 Å². The van der Waals surface area contributed by atoms with Gasteiger partial charge in [0.15, 0.2) is 0 Å². The molecular weight excluding hydrogens is 526 g/mol. The highest BCUT2D eigenvalue weighted by molar-refractivity contribution is 7.88. The molecule has 0 fully saturated rings. The summed E-state index contributed by atoms with van der Waals surface area (Å²) in [5.74, 6) is 0.264. The van der Waals surface area contributed by atoms with Crippen LogP contribution in [0.5, 0.6) is 5.75 Å². The fourth-order valence-electron chi connectivity index (χ4n) is 4.26. The first-order chi connectivity index (χ1) is 19.1. The number of nitrogens with one attached hydrogen (secondary N) is 1. The van der Waals surface area contributed by atoms with E-state index < -0.39 is 28.5 Å². The Morgan fingerprint density at radius 3 is 1.98 bits per heavy atom. The molecule has 1 N–H and O–H groups in total. The van der Waals surface area contributed by atoms with E-state index in [0.29, 0.717) is 23.8 Å². The number of hydrogen-bond donors (Lipinski definition) is 1. The second kappa shape index (κ2) is 14.6. The van der Waals surface area contributed by atoms with Crippen LogP contribution in [0.2, 0.25) is 0 Å². The zero-order valence-corrected chi connectivity index (χ0v) is 24.4. The minimum Gasteiger partial charge on any atom is -0.497 e. The number of benzene rings is 3. The van der Waals surface area contributed by atoms with Gasteiger partial charge >= 0.3 is 0 Å². The predicted molar refractivity (Wildman–Crippen MR) is 157 cm³/mol. The normalized spacial score (nSPS) is 12.2. The molecule has 9 heteroatoms. The van der Waals surface area contributed by atoms with Gasteiger partial charge in [0.1, 0.15) is 11.8 Å². The van der Waals surface area contributed by atoms with Crippen LogP contribution in [0.4, 0.5) is 0 Å². The van der Waals surface area contributed by atoms with E-state index in [-0.39, 0.29) is 19.0 Å². The summed E-state index contributed by atoms with van der Waals surface area (Å²) in [6, 6.07) is 24.5. The minimum atomic E-state index is -3.74. The SMILES string of the molecule is COc1ccc(CN(C(=O)CN(Cc2ccccc2)S(C)(=O)=O)C(C(=O)NCCC(C)C)c2ccccc2)cc1. The summed E-state index contributed by atoms with van der Waals surface area (Å²) in [5, 5.41) is 2.99. The molecule has 0 radical (unpaired) electrons. The summed E-state index contributed by atoms with van der Waals surface area (Å²) in [4.78, 5) is 29.2. The van der Waals surface area contributed by atoms with Gasteiger partial charge in [-0.05, 0) is 41.2 Å². The van der Waals surface area contributed by atoms with Gasteiger partial charge < -0.3 is 15.0 Å². The largest absolute Gasteiger partial charge is 0.497 e. The molecule has 0 aromatic heterocycles. The van der Waals surface area contributed by atoms with Gasteiger partial charge in [0, 0.05) is 19.6 Å². The molecule has 2 amide bonds.